The highest BCUT2D eigenvalue weighted by Crippen LogP contribution is 2.25. The van der Waals surface area contributed by atoms with Gasteiger partial charge in [0.25, 0.3) is 0 Å². The molecule has 0 unspecified atom stereocenters. The van der Waals surface area contributed by atoms with E-state index < -0.39 is 5.95 Å². The summed E-state index contributed by atoms with van der Waals surface area (Å²) in [5.41, 5.74) is 0.930. The van der Waals surface area contributed by atoms with Crippen molar-refractivity contribution in [2.45, 2.75) is 19.8 Å². The van der Waals surface area contributed by atoms with E-state index in [1.54, 1.807) is 0 Å². The number of hydrogen-bond acceptors (Lipinski definition) is 2. The molecule has 1 heterocycles. The van der Waals surface area contributed by atoms with Crippen LogP contribution in [0.4, 0.5) is 4.39 Å². The second-order valence-electron chi connectivity index (χ2n) is 2.90. The Morgan fingerprint density at radius 3 is 2.67 bits per heavy atom. The van der Waals surface area contributed by atoms with Crippen molar-refractivity contribution in [1.29, 1.82) is 0 Å². The Morgan fingerprint density at radius 1 is 1.50 bits per heavy atom. The Hall–Kier alpha value is -1.12. The molecule has 0 aliphatic rings. The minimum absolute atomic E-state index is 0.299. The standard InChI is InChI=1S/C9H12FNO/c1-6(2)7-5-11-9(10)4-8(7)12-3/h4-6H,1-3H3. The van der Waals surface area contributed by atoms with Crippen molar-refractivity contribution in [3.8, 4) is 5.75 Å². The molecule has 0 spiro atoms. The average Bonchev–Trinajstić information content (AvgIpc) is 2.03. The van der Waals surface area contributed by atoms with Gasteiger partial charge in [-0.25, -0.2) is 4.98 Å². The number of aromatic nitrogens is 1. The number of ether oxygens (including phenoxy) is 1. The lowest BCUT2D eigenvalue weighted by Crippen LogP contribution is -1.96. The summed E-state index contributed by atoms with van der Waals surface area (Å²) in [6.07, 6.45) is 1.51. The van der Waals surface area contributed by atoms with Crippen LogP contribution in [0.25, 0.3) is 0 Å². The first-order valence-corrected chi connectivity index (χ1v) is 3.84. The summed E-state index contributed by atoms with van der Waals surface area (Å²) in [5, 5.41) is 0. The lowest BCUT2D eigenvalue weighted by atomic mass is 10.1. The second-order valence-corrected chi connectivity index (χ2v) is 2.90. The van der Waals surface area contributed by atoms with E-state index in [1.165, 1.54) is 19.4 Å². The maximum Gasteiger partial charge on any atom is 0.216 e. The number of rotatable bonds is 2. The summed E-state index contributed by atoms with van der Waals surface area (Å²) in [4.78, 5) is 3.56. The minimum Gasteiger partial charge on any atom is -0.496 e. The zero-order valence-electron chi connectivity index (χ0n) is 7.47. The molecule has 66 valence electrons. The summed E-state index contributed by atoms with van der Waals surface area (Å²) in [7, 11) is 1.53. The zero-order chi connectivity index (χ0) is 9.14. The number of methoxy groups -OCH3 is 1. The van der Waals surface area contributed by atoms with Crippen molar-refractivity contribution in [2.24, 2.45) is 0 Å². The van der Waals surface area contributed by atoms with Gasteiger partial charge >= 0.3 is 0 Å². The molecule has 0 bridgehead atoms. The van der Waals surface area contributed by atoms with Gasteiger partial charge in [-0.3, -0.25) is 0 Å². The summed E-state index contributed by atoms with van der Waals surface area (Å²) < 4.78 is 17.6. The monoisotopic (exact) mass is 169 g/mol. The Labute approximate surface area is 71.4 Å². The first-order valence-electron chi connectivity index (χ1n) is 3.84. The van der Waals surface area contributed by atoms with Crippen LogP contribution in [0.1, 0.15) is 25.3 Å². The van der Waals surface area contributed by atoms with E-state index in [0.717, 1.165) is 5.56 Å². The highest BCUT2D eigenvalue weighted by Gasteiger charge is 2.08. The van der Waals surface area contributed by atoms with E-state index >= 15 is 0 Å². The third kappa shape index (κ3) is 1.72. The summed E-state index contributed by atoms with van der Waals surface area (Å²) in [6, 6.07) is 1.30. The molecule has 0 atom stereocenters. The molecule has 0 saturated carbocycles. The Bertz CT molecular complexity index is 273. The van der Waals surface area contributed by atoms with Crippen molar-refractivity contribution in [1.82, 2.24) is 4.98 Å². The molecule has 0 saturated heterocycles. The van der Waals surface area contributed by atoms with Crippen LogP contribution in [-0.4, -0.2) is 12.1 Å². The van der Waals surface area contributed by atoms with E-state index in [2.05, 4.69) is 4.98 Å². The lowest BCUT2D eigenvalue weighted by molar-refractivity contribution is 0.401. The average molecular weight is 169 g/mol. The first-order chi connectivity index (χ1) is 5.65. The Kier molecular flexibility index (Phi) is 2.63. The normalized spacial score (nSPS) is 10.4. The zero-order valence-corrected chi connectivity index (χ0v) is 7.47. The molecule has 0 aliphatic carbocycles. The van der Waals surface area contributed by atoms with Gasteiger partial charge in [0.05, 0.1) is 7.11 Å². The van der Waals surface area contributed by atoms with Gasteiger partial charge in [-0.05, 0) is 5.92 Å². The van der Waals surface area contributed by atoms with E-state index in [9.17, 15) is 4.39 Å². The smallest absolute Gasteiger partial charge is 0.216 e. The SMILES string of the molecule is COc1cc(F)ncc1C(C)C. The number of pyridine rings is 1. The van der Waals surface area contributed by atoms with Gasteiger partial charge in [0.1, 0.15) is 5.75 Å². The van der Waals surface area contributed by atoms with Crippen molar-refractivity contribution < 1.29 is 9.13 Å². The Morgan fingerprint density at radius 2 is 2.17 bits per heavy atom. The van der Waals surface area contributed by atoms with Crippen LogP contribution in [-0.2, 0) is 0 Å². The molecule has 0 fully saturated rings. The maximum atomic E-state index is 12.6. The van der Waals surface area contributed by atoms with Crippen LogP contribution in [0, 0.1) is 5.95 Å². The van der Waals surface area contributed by atoms with Gasteiger partial charge < -0.3 is 4.74 Å². The highest BCUT2D eigenvalue weighted by atomic mass is 19.1. The summed E-state index contributed by atoms with van der Waals surface area (Å²) in [6.45, 7) is 4.02. The third-order valence-electron chi connectivity index (χ3n) is 1.70. The van der Waals surface area contributed by atoms with Gasteiger partial charge in [-0.15, -0.1) is 0 Å². The molecule has 0 aliphatic heterocycles. The van der Waals surface area contributed by atoms with Crippen molar-refractivity contribution in [2.75, 3.05) is 7.11 Å². The predicted octanol–water partition coefficient (Wildman–Crippen LogP) is 2.35. The fourth-order valence-corrected chi connectivity index (χ4v) is 1.03. The number of hydrogen-bond donors (Lipinski definition) is 0. The maximum absolute atomic E-state index is 12.6. The van der Waals surface area contributed by atoms with Gasteiger partial charge in [-0.1, -0.05) is 13.8 Å². The predicted molar refractivity (Wildman–Crippen MR) is 44.8 cm³/mol. The lowest BCUT2D eigenvalue weighted by Gasteiger charge is -2.09. The van der Waals surface area contributed by atoms with Crippen LogP contribution >= 0.6 is 0 Å². The van der Waals surface area contributed by atoms with Gasteiger partial charge in [0.15, 0.2) is 0 Å². The fourth-order valence-electron chi connectivity index (χ4n) is 1.03. The van der Waals surface area contributed by atoms with E-state index in [-0.39, 0.29) is 0 Å². The second kappa shape index (κ2) is 3.52. The van der Waals surface area contributed by atoms with Gasteiger partial charge in [-0.2, -0.15) is 4.39 Å². The largest absolute Gasteiger partial charge is 0.496 e. The van der Waals surface area contributed by atoms with E-state index in [1.807, 2.05) is 13.8 Å². The summed E-state index contributed by atoms with van der Waals surface area (Å²) in [5.74, 6) is 0.363. The molecule has 0 amide bonds. The topological polar surface area (TPSA) is 22.1 Å². The van der Waals surface area contributed by atoms with E-state index in [4.69, 9.17) is 4.74 Å². The van der Waals surface area contributed by atoms with Crippen molar-refractivity contribution >= 4 is 0 Å². The molecule has 2 nitrogen and oxygen atoms in total. The van der Waals surface area contributed by atoms with Crippen LogP contribution in [0.2, 0.25) is 0 Å². The molecular weight excluding hydrogens is 157 g/mol. The van der Waals surface area contributed by atoms with Crippen LogP contribution in [0.15, 0.2) is 12.3 Å². The molecule has 12 heavy (non-hydrogen) atoms. The van der Waals surface area contributed by atoms with Gasteiger partial charge in [0, 0.05) is 17.8 Å². The van der Waals surface area contributed by atoms with Crippen LogP contribution in [0.3, 0.4) is 0 Å². The van der Waals surface area contributed by atoms with Crippen molar-refractivity contribution in [3.05, 3.63) is 23.8 Å². The molecular formula is C9H12FNO. The van der Waals surface area contributed by atoms with Crippen LogP contribution in [0.5, 0.6) is 5.75 Å². The fraction of sp³-hybridized carbons (Fsp3) is 0.444. The van der Waals surface area contributed by atoms with Crippen molar-refractivity contribution in [3.63, 3.8) is 0 Å². The van der Waals surface area contributed by atoms with Crippen LogP contribution < -0.4 is 4.74 Å². The molecule has 1 rings (SSSR count). The summed E-state index contributed by atoms with van der Waals surface area (Å²) >= 11 is 0. The first kappa shape index (κ1) is 8.97. The molecule has 1 aromatic heterocycles. The molecule has 0 radical (unpaired) electrons. The van der Waals surface area contributed by atoms with E-state index in [0.29, 0.717) is 11.7 Å². The molecule has 3 heteroatoms. The third-order valence-corrected chi connectivity index (χ3v) is 1.70. The Balaban J connectivity index is 3.11. The minimum atomic E-state index is -0.503. The molecule has 0 aromatic carbocycles. The highest BCUT2D eigenvalue weighted by molar-refractivity contribution is 5.32. The quantitative estimate of drug-likeness (QED) is 0.634. The molecule has 1 aromatic rings. The number of halogens is 1. The number of nitrogens with zero attached hydrogens (tertiary/aromatic N) is 1. The molecule has 0 N–H and O–H groups in total. The van der Waals surface area contributed by atoms with Gasteiger partial charge in [0.2, 0.25) is 5.95 Å².